The lowest BCUT2D eigenvalue weighted by molar-refractivity contribution is 0.0696. The van der Waals surface area contributed by atoms with Crippen LogP contribution < -0.4 is 5.32 Å². The zero-order chi connectivity index (χ0) is 13.1. The predicted octanol–water partition coefficient (Wildman–Crippen LogP) is 2.87. The summed E-state index contributed by atoms with van der Waals surface area (Å²) < 4.78 is 30.9. The van der Waals surface area contributed by atoms with E-state index in [1.165, 1.54) is 12.1 Å². The van der Waals surface area contributed by atoms with Gasteiger partial charge in [0.05, 0.1) is 17.8 Å². The highest BCUT2D eigenvalue weighted by atomic mass is 19.1. The van der Waals surface area contributed by atoms with Gasteiger partial charge in [0.15, 0.2) is 0 Å². The molecule has 0 bridgehead atoms. The Labute approximate surface area is 101 Å². The van der Waals surface area contributed by atoms with E-state index in [1.54, 1.807) is 0 Å². The standard InChI is InChI=1S/C12H9F2NO3/c13-8-1-2-11(10(14)4-8)15-5-9-3-7(6-18-9)12(16)17/h1-4,6,15H,5H2,(H,16,17). The summed E-state index contributed by atoms with van der Waals surface area (Å²) in [6, 6.07) is 4.46. The summed E-state index contributed by atoms with van der Waals surface area (Å²) in [5.74, 6) is -2.14. The van der Waals surface area contributed by atoms with Crippen molar-refractivity contribution in [2.24, 2.45) is 0 Å². The molecule has 0 aliphatic carbocycles. The van der Waals surface area contributed by atoms with Crippen molar-refractivity contribution >= 4 is 11.7 Å². The molecule has 0 saturated carbocycles. The molecule has 0 aliphatic heterocycles. The maximum atomic E-state index is 13.3. The molecule has 1 aromatic heterocycles. The number of anilines is 1. The fourth-order valence-electron chi connectivity index (χ4n) is 1.40. The molecular formula is C12H9F2NO3. The highest BCUT2D eigenvalue weighted by Crippen LogP contribution is 2.16. The van der Waals surface area contributed by atoms with E-state index >= 15 is 0 Å². The number of nitrogens with one attached hydrogen (secondary N) is 1. The largest absolute Gasteiger partial charge is 0.478 e. The summed E-state index contributed by atoms with van der Waals surface area (Å²) in [6.45, 7) is 0.107. The summed E-state index contributed by atoms with van der Waals surface area (Å²) >= 11 is 0. The van der Waals surface area contributed by atoms with Gasteiger partial charge in [-0.2, -0.15) is 0 Å². The molecule has 1 heterocycles. The molecule has 0 aliphatic rings. The molecule has 0 atom stereocenters. The summed E-state index contributed by atoms with van der Waals surface area (Å²) in [6.07, 6.45) is 1.10. The lowest BCUT2D eigenvalue weighted by atomic mass is 10.2. The Hall–Kier alpha value is -2.37. The molecule has 2 rings (SSSR count). The maximum absolute atomic E-state index is 13.3. The third-order valence-corrected chi connectivity index (χ3v) is 2.28. The number of carboxylic acid groups (broad SMARTS) is 1. The van der Waals surface area contributed by atoms with Crippen molar-refractivity contribution in [1.29, 1.82) is 0 Å². The van der Waals surface area contributed by atoms with Crippen LogP contribution in [0.4, 0.5) is 14.5 Å². The minimum absolute atomic E-state index is 0.0198. The van der Waals surface area contributed by atoms with Crippen molar-refractivity contribution in [2.45, 2.75) is 6.54 Å². The number of carboxylic acids is 1. The quantitative estimate of drug-likeness (QED) is 0.879. The first-order chi connectivity index (χ1) is 8.56. The molecule has 4 nitrogen and oxygen atoms in total. The van der Waals surface area contributed by atoms with E-state index in [2.05, 4.69) is 5.32 Å². The highest BCUT2D eigenvalue weighted by molar-refractivity contribution is 5.87. The van der Waals surface area contributed by atoms with Crippen molar-refractivity contribution in [1.82, 2.24) is 0 Å². The summed E-state index contributed by atoms with van der Waals surface area (Å²) in [7, 11) is 0. The van der Waals surface area contributed by atoms with Crippen molar-refractivity contribution in [3.8, 4) is 0 Å². The van der Waals surface area contributed by atoms with E-state index in [1.807, 2.05) is 0 Å². The molecule has 94 valence electrons. The number of rotatable bonds is 4. The number of hydrogen-bond donors (Lipinski definition) is 2. The van der Waals surface area contributed by atoms with E-state index in [9.17, 15) is 13.6 Å². The van der Waals surface area contributed by atoms with Gasteiger partial charge in [-0.1, -0.05) is 0 Å². The molecule has 0 fully saturated rings. The molecule has 0 unspecified atom stereocenters. The third kappa shape index (κ3) is 2.65. The van der Waals surface area contributed by atoms with Gasteiger partial charge in [0, 0.05) is 6.07 Å². The Balaban J connectivity index is 2.04. The molecule has 0 saturated heterocycles. The van der Waals surface area contributed by atoms with Gasteiger partial charge in [-0.25, -0.2) is 13.6 Å². The van der Waals surface area contributed by atoms with Crippen LogP contribution in [0.5, 0.6) is 0 Å². The lowest BCUT2D eigenvalue weighted by Crippen LogP contribution is -2.01. The number of carbonyl (C=O) groups is 1. The summed E-state index contributed by atoms with van der Waals surface area (Å²) in [5.41, 5.74) is 0.135. The number of furan rings is 1. The van der Waals surface area contributed by atoms with Gasteiger partial charge >= 0.3 is 5.97 Å². The van der Waals surface area contributed by atoms with Crippen LogP contribution in [0.25, 0.3) is 0 Å². The van der Waals surface area contributed by atoms with Crippen molar-refractivity contribution in [3.63, 3.8) is 0 Å². The Kier molecular flexibility index (Phi) is 3.27. The lowest BCUT2D eigenvalue weighted by Gasteiger charge is -2.05. The van der Waals surface area contributed by atoms with Gasteiger partial charge in [0.25, 0.3) is 0 Å². The Morgan fingerprint density at radius 2 is 2.11 bits per heavy atom. The summed E-state index contributed by atoms with van der Waals surface area (Å²) in [4.78, 5) is 10.6. The second-order valence-corrected chi connectivity index (χ2v) is 3.58. The van der Waals surface area contributed by atoms with Crippen LogP contribution in [0.3, 0.4) is 0 Å². The van der Waals surface area contributed by atoms with Crippen LogP contribution in [-0.4, -0.2) is 11.1 Å². The van der Waals surface area contributed by atoms with Crippen LogP contribution in [-0.2, 0) is 6.54 Å². The van der Waals surface area contributed by atoms with Crippen molar-refractivity contribution in [2.75, 3.05) is 5.32 Å². The van der Waals surface area contributed by atoms with Crippen LogP contribution >= 0.6 is 0 Å². The molecule has 1 aromatic carbocycles. The normalized spacial score (nSPS) is 10.3. The van der Waals surface area contributed by atoms with Gasteiger partial charge in [0.2, 0.25) is 0 Å². The number of hydrogen-bond acceptors (Lipinski definition) is 3. The van der Waals surface area contributed by atoms with Gasteiger partial charge in [-0.3, -0.25) is 0 Å². The highest BCUT2D eigenvalue weighted by Gasteiger charge is 2.09. The predicted molar refractivity (Wildman–Crippen MR) is 59.4 cm³/mol. The second-order valence-electron chi connectivity index (χ2n) is 3.58. The molecule has 2 aromatic rings. The van der Waals surface area contributed by atoms with Crippen LogP contribution in [0, 0.1) is 11.6 Å². The molecule has 6 heteroatoms. The molecule has 2 N–H and O–H groups in total. The van der Waals surface area contributed by atoms with Gasteiger partial charge in [0.1, 0.15) is 23.7 Å². The smallest absolute Gasteiger partial charge is 0.338 e. The number of aromatic carboxylic acids is 1. The van der Waals surface area contributed by atoms with Gasteiger partial charge < -0.3 is 14.8 Å². The molecule has 0 radical (unpaired) electrons. The third-order valence-electron chi connectivity index (χ3n) is 2.28. The van der Waals surface area contributed by atoms with Crippen LogP contribution in [0.1, 0.15) is 16.1 Å². The number of benzene rings is 1. The zero-order valence-corrected chi connectivity index (χ0v) is 9.11. The topological polar surface area (TPSA) is 62.5 Å². The van der Waals surface area contributed by atoms with E-state index in [-0.39, 0.29) is 17.8 Å². The first-order valence-corrected chi connectivity index (χ1v) is 5.06. The second kappa shape index (κ2) is 4.87. The molecule has 18 heavy (non-hydrogen) atoms. The maximum Gasteiger partial charge on any atom is 0.338 e. The van der Waals surface area contributed by atoms with E-state index in [0.29, 0.717) is 5.76 Å². The first kappa shape index (κ1) is 12.1. The first-order valence-electron chi connectivity index (χ1n) is 5.06. The SMILES string of the molecule is O=C(O)c1coc(CNc2ccc(F)cc2F)c1. The van der Waals surface area contributed by atoms with Crippen molar-refractivity contribution < 1.29 is 23.1 Å². The van der Waals surface area contributed by atoms with Gasteiger partial charge in [-0.15, -0.1) is 0 Å². The number of halogens is 2. The minimum Gasteiger partial charge on any atom is -0.478 e. The van der Waals surface area contributed by atoms with E-state index in [4.69, 9.17) is 9.52 Å². The van der Waals surface area contributed by atoms with E-state index in [0.717, 1.165) is 18.4 Å². The van der Waals surface area contributed by atoms with Crippen LogP contribution in [0.15, 0.2) is 34.9 Å². The fraction of sp³-hybridized carbons (Fsp3) is 0.0833. The summed E-state index contributed by atoms with van der Waals surface area (Å²) in [5, 5.41) is 11.4. The van der Waals surface area contributed by atoms with Crippen LogP contribution in [0.2, 0.25) is 0 Å². The molecule has 0 amide bonds. The monoisotopic (exact) mass is 253 g/mol. The average molecular weight is 253 g/mol. The average Bonchev–Trinajstić information content (AvgIpc) is 2.76. The Bertz CT molecular complexity index is 580. The zero-order valence-electron chi connectivity index (χ0n) is 9.11. The molecule has 0 spiro atoms. The molecular weight excluding hydrogens is 244 g/mol. The Morgan fingerprint density at radius 3 is 2.72 bits per heavy atom. The van der Waals surface area contributed by atoms with Crippen molar-refractivity contribution in [3.05, 3.63) is 53.5 Å². The fourth-order valence-corrected chi connectivity index (χ4v) is 1.40. The van der Waals surface area contributed by atoms with Gasteiger partial charge in [-0.05, 0) is 18.2 Å². The Morgan fingerprint density at radius 1 is 1.33 bits per heavy atom. The van der Waals surface area contributed by atoms with E-state index < -0.39 is 17.6 Å². The minimum atomic E-state index is -1.10.